The summed E-state index contributed by atoms with van der Waals surface area (Å²) in [5, 5.41) is 11.1. The van der Waals surface area contributed by atoms with Crippen molar-refractivity contribution in [3.63, 3.8) is 0 Å². The standard InChI is InChI=1S/C14H17N3/c1-10-3-2-4-11(9-10)14-12-5-7-15-8-6-13(12)16-17-14/h2-4,9,15H,5-8H2,1H3,(H,16,17). The molecule has 1 aromatic carbocycles. The van der Waals surface area contributed by atoms with Gasteiger partial charge in [-0.25, -0.2) is 0 Å². The molecule has 0 bridgehead atoms. The van der Waals surface area contributed by atoms with Gasteiger partial charge in [-0.15, -0.1) is 0 Å². The zero-order valence-electron chi connectivity index (χ0n) is 10.1. The molecule has 3 nitrogen and oxygen atoms in total. The first-order chi connectivity index (χ1) is 8.34. The van der Waals surface area contributed by atoms with Gasteiger partial charge in [-0.3, -0.25) is 5.10 Å². The minimum Gasteiger partial charge on any atom is -0.316 e. The van der Waals surface area contributed by atoms with Gasteiger partial charge in [0.25, 0.3) is 0 Å². The lowest BCUT2D eigenvalue weighted by Crippen LogP contribution is -2.16. The van der Waals surface area contributed by atoms with Crippen LogP contribution in [0.25, 0.3) is 11.3 Å². The molecule has 1 aliphatic heterocycles. The average Bonchev–Trinajstić information content (AvgIpc) is 2.59. The fourth-order valence-corrected chi connectivity index (χ4v) is 2.46. The maximum absolute atomic E-state index is 4.50. The van der Waals surface area contributed by atoms with E-state index in [0.717, 1.165) is 31.6 Å². The summed E-state index contributed by atoms with van der Waals surface area (Å²) in [5.41, 5.74) is 6.33. The number of nitrogens with zero attached hydrogens (tertiary/aromatic N) is 1. The molecule has 1 aromatic heterocycles. The number of hydrogen-bond donors (Lipinski definition) is 2. The molecule has 1 aliphatic rings. The fourth-order valence-electron chi connectivity index (χ4n) is 2.46. The molecular weight excluding hydrogens is 210 g/mol. The number of aryl methyl sites for hydroxylation is 1. The maximum Gasteiger partial charge on any atom is 0.0956 e. The second-order valence-corrected chi connectivity index (χ2v) is 4.65. The van der Waals surface area contributed by atoms with Gasteiger partial charge in [0.1, 0.15) is 0 Å². The molecule has 3 heteroatoms. The molecule has 0 fully saturated rings. The van der Waals surface area contributed by atoms with E-state index in [0.29, 0.717) is 0 Å². The van der Waals surface area contributed by atoms with Gasteiger partial charge < -0.3 is 5.32 Å². The van der Waals surface area contributed by atoms with E-state index in [1.807, 2.05) is 0 Å². The number of H-pyrrole nitrogens is 1. The van der Waals surface area contributed by atoms with Crippen molar-refractivity contribution >= 4 is 0 Å². The second kappa shape index (κ2) is 4.34. The average molecular weight is 227 g/mol. The predicted molar refractivity (Wildman–Crippen MR) is 69.0 cm³/mol. The smallest absolute Gasteiger partial charge is 0.0956 e. The van der Waals surface area contributed by atoms with E-state index in [1.54, 1.807) is 0 Å². The Bertz CT molecular complexity index is 528. The van der Waals surface area contributed by atoms with Crippen molar-refractivity contribution in [3.05, 3.63) is 41.1 Å². The Kier molecular flexibility index (Phi) is 2.69. The van der Waals surface area contributed by atoms with Crippen molar-refractivity contribution in [2.75, 3.05) is 13.1 Å². The van der Waals surface area contributed by atoms with Crippen molar-refractivity contribution in [1.29, 1.82) is 0 Å². The lowest BCUT2D eigenvalue weighted by molar-refractivity contribution is 0.703. The van der Waals surface area contributed by atoms with Gasteiger partial charge in [-0.1, -0.05) is 23.8 Å². The number of rotatable bonds is 1. The monoisotopic (exact) mass is 227 g/mol. The first-order valence-corrected chi connectivity index (χ1v) is 6.18. The van der Waals surface area contributed by atoms with Crippen LogP contribution in [0, 0.1) is 6.92 Å². The number of aromatic amines is 1. The van der Waals surface area contributed by atoms with E-state index in [4.69, 9.17) is 0 Å². The van der Waals surface area contributed by atoms with Gasteiger partial charge >= 0.3 is 0 Å². The summed E-state index contributed by atoms with van der Waals surface area (Å²) in [5.74, 6) is 0. The summed E-state index contributed by atoms with van der Waals surface area (Å²) in [6, 6.07) is 8.56. The van der Waals surface area contributed by atoms with E-state index in [1.165, 1.54) is 22.4 Å². The van der Waals surface area contributed by atoms with Gasteiger partial charge in [-0.2, -0.15) is 5.10 Å². The summed E-state index contributed by atoms with van der Waals surface area (Å²) in [6.45, 7) is 4.21. The van der Waals surface area contributed by atoms with E-state index in [9.17, 15) is 0 Å². The zero-order valence-corrected chi connectivity index (χ0v) is 10.1. The number of nitrogens with one attached hydrogen (secondary N) is 2. The number of aromatic nitrogens is 2. The van der Waals surface area contributed by atoms with Crippen LogP contribution in [0.4, 0.5) is 0 Å². The van der Waals surface area contributed by atoms with Crippen LogP contribution in [0.1, 0.15) is 16.8 Å². The molecule has 0 unspecified atom stereocenters. The summed E-state index contributed by atoms with van der Waals surface area (Å²) >= 11 is 0. The maximum atomic E-state index is 4.50. The molecule has 0 aliphatic carbocycles. The van der Waals surface area contributed by atoms with Crippen LogP contribution in [0.3, 0.4) is 0 Å². The molecule has 17 heavy (non-hydrogen) atoms. The Balaban J connectivity index is 2.06. The highest BCUT2D eigenvalue weighted by Gasteiger charge is 2.16. The van der Waals surface area contributed by atoms with Gasteiger partial charge in [0, 0.05) is 29.8 Å². The highest BCUT2D eigenvalue weighted by molar-refractivity contribution is 5.65. The number of benzene rings is 1. The van der Waals surface area contributed by atoms with Crippen molar-refractivity contribution in [2.45, 2.75) is 19.8 Å². The lowest BCUT2D eigenvalue weighted by atomic mass is 10.0. The van der Waals surface area contributed by atoms with Crippen LogP contribution in [-0.2, 0) is 12.8 Å². The molecule has 2 N–H and O–H groups in total. The van der Waals surface area contributed by atoms with Gasteiger partial charge in [0.2, 0.25) is 0 Å². The number of fused-ring (bicyclic) bond motifs is 1. The van der Waals surface area contributed by atoms with Crippen LogP contribution in [0.5, 0.6) is 0 Å². The fraction of sp³-hybridized carbons (Fsp3) is 0.357. The Morgan fingerprint density at radius 2 is 2.06 bits per heavy atom. The third-order valence-corrected chi connectivity index (χ3v) is 3.35. The largest absolute Gasteiger partial charge is 0.316 e. The molecule has 88 valence electrons. The first kappa shape index (κ1) is 10.5. The summed E-state index contributed by atoms with van der Waals surface area (Å²) in [6.07, 6.45) is 2.11. The molecule has 0 saturated carbocycles. The van der Waals surface area contributed by atoms with E-state index in [-0.39, 0.29) is 0 Å². The van der Waals surface area contributed by atoms with Gasteiger partial charge in [-0.05, 0) is 26.0 Å². The second-order valence-electron chi connectivity index (χ2n) is 4.65. The molecule has 3 rings (SSSR count). The Hall–Kier alpha value is -1.61. The van der Waals surface area contributed by atoms with Crippen LogP contribution in [-0.4, -0.2) is 23.3 Å². The minimum atomic E-state index is 1.04. The van der Waals surface area contributed by atoms with Crippen LogP contribution in [0.2, 0.25) is 0 Å². The van der Waals surface area contributed by atoms with Crippen molar-refractivity contribution < 1.29 is 0 Å². The highest BCUT2D eigenvalue weighted by atomic mass is 15.1. The predicted octanol–water partition coefficient (Wildman–Crippen LogP) is 2.07. The van der Waals surface area contributed by atoms with Gasteiger partial charge in [0.05, 0.1) is 5.69 Å². The third kappa shape index (κ3) is 1.98. The van der Waals surface area contributed by atoms with Crippen molar-refractivity contribution in [3.8, 4) is 11.3 Å². The first-order valence-electron chi connectivity index (χ1n) is 6.18. The minimum absolute atomic E-state index is 1.04. The Morgan fingerprint density at radius 1 is 1.18 bits per heavy atom. The third-order valence-electron chi connectivity index (χ3n) is 3.35. The SMILES string of the molecule is Cc1cccc(-c2n[nH]c3c2CCNCC3)c1. The van der Waals surface area contributed by atoms with Crippen molar-refractivity contribution in [1.82, 2.24) is 15.5 Å². The van der Waals surface area contributed by atoms with Crippen LogP contribution >= 0.6 is 0 Å². The normalized spacial score (nSPS) is 15.4. The molecule has 0 radical (unpaired) electrons. The summed E-state index contributed by atoms with van der Waals surface area (Å²) < 4.78 is 0. The van der Waals surface area contributed by atoms with E-state index < -0.39 is 0 Å². The molecule has 0 atom stereocenters. The Morgan fingerprint density at radius 3 is 2.94 bits per heavy atom. The van der Waals surface area contributed by atoms with Crippen LogP contribution in [0.15, 0.2) is 24.3 Å². The molecule has 2 heterocycles. The molecule has 0 spiro atoms. The molecule has 0 amide bonds. The quantitative estimate of drug-likeness (QED) is 0.783. The van der Waals surface area contributed by atoms with E-state index >= 15 is 0 Å². The lowest BCUT2D eigenvalue weighted by Gasteiger charge is -2.03. The van der Waals surface area contributed by atoms with Crippen LogP contribution < -0.4 is 5.32 Å². The topological polar surface area (TPSA) is 40.7 Å². The van der Waals surface area contributed by atoms with Gasteiger partial charge in [0.15, 0.2) is 0 Å². The zero-order chi connectivity index (χ0) is 11.7. The molecule has 0 saturated heterocycles. The molecule has 2 aromatic rings. The summed E-state index contributed by atoms with van der Waals surface area (Å²) in [7, 11) is 0. The molecular formula is C14H17N3. The summed E-state index contributed by atoms with van der Waals surface area (Å²) in [4.78, 5) is 0. The highest BCUT2D eigenvalue weighted by Crippen LogP contribution is 2.25. The van der Waals surface area contributed by atoms with Crippen molar-refractivity contribution in [2.24, 2.45) is 0 Å². The Labute approximate surface area is 101 Å². The number of hydrogen-bond acceptors (Lipinski definition) is 2. The van der Waals surface area contributed by atoms with E-state index in [2.05, 4.69) is 46.7 Å².